The summed E-state index contributed by atoms with van der Waals surface area (Å²) in [7, 11) is 0. The number of aromatic nitrogens is 8. The molecule has 0 spiro atoms. The van der Waals surface area contributed by atoms with Gasteiger partial charge in [-0.25, -0.2) is 34.1 Å². The number of nitrogens with one attached hydrogen (secondary N) is 1. The minimum Gasteiger partial charge on any atom is -0.444 e. The maximum Gasteiger partial charge on any atom is 0.413 e. The third-order valence-electron chi connectivity index (χ3n) is 9.16. The summed E-state index contributed by atoms with van der Waals surface area (Å²) in [5.41, 5.74) is 10.4. The fourth-order valence-corrected chi connectivity index (χ4v) is 6.99. The summed E-state index contributed by atoms with van der Waals surface area (Å²) in [6.45, 7) is 5.39. The van der Waals surface area contributed by atoms with Crippen LogP contribution in [0, 0.1) is 0 Å². The number of nitrogens with zero attached hydrogens (tertiary/aromatic N) is 8. The second kappa shape index (κ2) is 14.9. The van der Waals surface area contributed by atoms with E-state index in [4.69, 9.17) is 43.9 Å². The van der Waals surface area contributed by atoms with Crippen molar-refractivity contribution in [1.29, 1.82) is 0 Å². The largest absolute Gasteiger partial charge is 0.444 e. The SMILES string of the molecule is CC(C)(C)OC(=O)Nc1ncnc2c1c(Cc1cccc(Cl)c1)nn2C1CC(O)C1.Nc1ncnc2c1c(Cc1cccc(Cl)c1)nn2C1CC(O)C1. The maximum absolute atomic E-state index is 12.4. The molecule has 0 saturated heterocycles. The number of anilines is 2. The number of hydrogen-bond donors (Lipinski definition) is 4. The number of fused-ring (bicyclic) bond motifs is 2. The number of halogens is 2. The molecule has 8 rings (SSSR count). The number of nitrogen functional groups attached to an aromatic ring is 1. The number of carbonyl (C=O) groups is 1. The van der Waals surface area contributed by atoms with Gasteiger partial charge in [0.2, 0.25) is 0 Å². The lowest BCUT2D eigenvalue weighted by Gasteiger charge is -2.31. The molecule has 0 bridgehead atoms. The molecule has 16 heteroatoms. The Kier molecular flexibility index (Phi) is 10.2. The van der Waals surface area contributed by atoms with Crippen LogP contribution >= 0.6 is 23.2 Å². The van der Waals surface area contributed by atoms with Gasteiger partial charge in [0.25, 0.3) is 0 Å². The highest BCUT2D eigenvalue weighted by Crippen LogP contribution is 2.37. The third kappa shape index (κ3) is 8.20. The van der Waals surface area contributed by atoms with E-state index in [1.165, 1.54) is 12.7 Å². The summed E-state index contributed by atoms with van der Waals surface area (Å²) in [4.78, 5) is 29.5. The molecule has 2 aromatic carbocycles. The van der Waals surface area contributed by atoms with E-state index in [2.05, 4.69) is 25.3 Å². The maximum atomic E-state index is 12.4. The van der Waals surface area contributed by atoms with Crippen LogP contribution < -0.4 is 11.1 Å². The third-order valence-corrected chi connectivity index (χ3v) is 9.63. The summed E-state index contributed by atoms with van der Waals surface area (Å²) in [5.74, 6) is 0.774. The van der Waals surface area contributed by atoms with Gasteiger partial charge in [-0.1, -0.05) is 47.5 Å². The smallest absolute Gasteiger partial charge is 0.413 e. The van der Waals surface area contributed by atoms with Crippen molar-refractivity contribution in [2.24, 2.45) is 0 Å². The Morgan fingerprint density at radius 3 is 1.79 bits per heavy atom. The predicted octanol–water partition coefficient (Wildman–Crippen LogP) is 6.46. The van der Waals surface area contributed by atoms with Gasteiger partial charge in [0.1, 0.15) is 29.9 Å². The second-order valence-electron chi connectivity index (χ2n) is 14.5. The Morgan fingerprint density at radius 1 is 0.811 bits per heavy atom. The summed E-state index contributed by atoms with van der Waals surface area (Å²) in [6, 6.07) is 15.4. The summed E-state index contributed by atoms with van der Waals surface area (Å²) in [6.07, 6.45) is 5.39. The first-order valence-corrected chi connectivity index (χ1v) is 18.1. The number of nitrogens with two attached hydrogens (primary N) is 1. The molecule has 0 atom stereocenters. The molecule has 0 unspecified atom stereocenters. The van der Waals surface area contributed by atoms with Crippen LogP contribution in [-0.4, -0.2) is 73.6 Å². The topological polar surface area (TPSA) is 192 Å². The molecule has 6 aromatic rings. The number of rotatable bonds is 7. The van der Waals surface area contributed by atoms with E-state index < -0.39 is 11.7 Å². The average molecular weight is 760 g/mol. The average Bonchev–Trinajstić information content (AvgIpc) is 3.60. The molecular formula is C37H40Cl2N10O4. The van der Waals surface area contributed by atoms with E-state index >= 15 is 0 Å². The van der Waals surface area contributed by atoms with E-state index in [9.17, 15) is 15.0 Å². The van der Waals surface area contributed by atoms with Crippen molar-refractivity contribution >= 4 is 63.0 Å². The molecule has 4 heterocycles. The van der Waals surface area contributed by atoms with Gasteiger partial charge in [0.15, 0.2) is 11.3 Å². The molecule has 1 amide bonds. The predicted molar refractivity (Wildman–Crippen MR) is 202 cm³/mol. The van der Waals surface area contributed by atoms with Gasteiger partial charge in [-0.05, 0) is 81.8 Å². The van der Waals surface area contributed by atoms with E-state index in [1.807, 2.05) is 57.9 Å². The number of ether oxygens (including phenoxy) is 1. The lowest BCUT2D eigenvalue weighted by atomic mass is 9.90. The van der Waals surface area contributed by atoms with Crippen molar-refractivity contribution in [2.75, 3.05) is 11.1 Å². The van der Waals surface area contributed by atoms with Crippen molar-refractivity contribution in [1.82, 2.24) is 39.5 Å². The lowest BCUT2D eigenvalue weighted by molar-refractivity contribution is 0.0446. The minimum atomic E-state index is -0.633. The minimum absolute atomic E-state index is 0.0555. The van der Waals surface area contributed by atoms with Gasteiger partial charge in [-0.2, -0.15) is 10.2 Å². The van der Waals surface area contributed by atoms with Crippen LogP contribution in [0.5, 0.6) is 0 Å². The van der Waals surface area contributed by atoms with Crippen LogP contribution in [0.25, 0.3) is 22.1 Å². The van der Waals surface area contributed by atoms with Crippen LogP contribution in [0.3, 0.4) is 0 Å². The van der Waals surface area contributed by atoms with Crippen LogP contribution in [0.1, 0.15) is 81.1 Å². The van der Waals surface area contributed by atoms with Crippen LogP contribution in [0.4, 0.5) is 16.4 Å². The lowest BCUT2D eigenvalue weighted by Crippen LogP contribution is -2.31. The molecular weight excluding hydrogens is 719 g/mol. The molecule has 14 nitrogen and oxygen atoms in total. The Balaban J connectivity index is 0.000000170. The number of amides is 1. The summed E-state index contributed by atoms with van der Waals surface area (Å²) in [5, 5.41) is 34.3. The standard InChI is InChI=1S/C21H24ClN5O3.C16H16ClN5O/c1-21(2,3)30-20(29)25-18-17-16(8-12-5-4-6-13(22)7-12)26-27(14-9-15(28)10-14)19(17)24-11-23-18;17-10-3-1-2-9(4-10)5-13-14-15(18)19-8-20-16(14)22(21-13)11-6-12(23)7-11/h4-7,11,14-15,28H,8-10H2,1-3H3,(H,23,24,25,29);1-4,8,11-12,23H,5-7H2,(H2,18,19,20). The fourth-order valence-electron chi connectivity index (χ4n) is 6.56. The van der Waals surface area contributed by atoms with Crippen LogP contribution in [0.15, 0.2) is 61.2 Å². The highest BCUT2D eigenvalue weighted by Gasteiger charge is 2.33. The zero-order chi connectivity index (χ0) is 37.4. The van der Waals surface area contributed by atoms with Gasteiger partial charge in [-0.3, -0.25) is 5.32 Å². The number of carbonyl (C=O) groups excluding carboxylic acids is 1. The Bertz CT molecular complexity index is 2280. The second-order valence-corrected chi connectivity index (χ2v) is 15.3. The monoisotopic (exact) mass is 758 g/mol. The van der Waals surface area contributed by atoms with Crippen LogP contribution in [-0.2, 0) is 17.6 Å². The van der Waals surface area contributed by atoms with Crippen molar-refractivity contribution < 1.29 is 19.7 Å². The number of benzene rings is 2. The molecule has 0 aliphatic heterocycles. The zero-order valence-electron chi connectivity index (χ0n) is 29.4. The summed E-state index contributed by atoms with van der Waals surface area (Å²) >= 11 is 12.2. The number of aliphatic hydroxyl groups excluding tert-OH is 2. The zero-order valence-corrected chi connectivity index (χ0v) is 31.0. The van der Waals surface area contributed by atoms with Gasteiger partial charge in [-0.15, -0.1) is 0 Å². The van der Waals surface area contributed by atoms with Crippen molar-refractivity contribution in [3.63, 3.8) is 0 Å². The van der Waals surface area contributed by atoms with E-state index in [1.54, 1.807) is 20.8 Å². The molecule has 276 valence electrons. The molecule has 2 aliphatic carbocycles. The molecule has 2 aliphatic rings. The molecule has 2 fully saturated rings. The molecule has 2 saturated carbocycles. The molecule has 0 radical (unpaired) electrons. The van der Waals surface area contributed by atoms with Crippen molar-refractivity contribution in [3.05, 3.63) is 93.7 Å². The quantitative estimate of drug-likeness (QED) is 0.140. The van der Waals surface area contributed by atoms with Gasteiger partial charge in [0.05, 0.1) is 46.5 Å². The van der Waals surface area contributed by atoms with Crippen molar-refractivity contribution in [2.45, 2.75) is 89.2 Å². The Morgan fingerprint density at radius 2 is 1.30 bits per heavy atom. The van der Waals surface area contributed by atoms with Crippen molar-refractivity contribution in [3.8, 4) is 0 Å². The van der Waals surface area contributed by atoms with Crippen LogP contribution in [0.2, 0.25) is 10.0 Å². The molecule has 4 aromatic heterocycles. The van der Waals surface area contributed by atoms with E-state index in [-0.39, 0.29) is 24.3 Å². The fraction of sp³-hybridized carbons (Fsp3) is 0.378. The normalized spacial score (nSPS) is 19.6. The Labute approximate surface area is 315 Å². The molecule has 5 N–H and O–H groups in total. The van der Waals surface area contributed by atoms with Gasteiger partial charge < -0.3 is 20.7 Å². The first-order valence-electron chi connectivity index (χ1n) is 17.4. The first kappa shape index (κ1) is 36.5. The van der Waals surface area contributed by atoms with E-state index in [0.29, 0.717) is 71.2 Å². The van der Waals surface area contributed by atoms with E-state index in [0.717, 1.165) is 33.5 Å². The van der Waals surface area contributed by atoms with Gasteiger partial charge >= 0.3 is 6.09 Å². The number of hydrogen-bond acceptors (Lipinski definition) is 11. The molecule has 53 heavy (non-hydrogen) atoms. The number of aliphatic hydroxyl groups is 2. The summed E-state index contributed by atoms with van der Waals surface area (Å²) < 4.78 is 9.08. The van der Waals surface area contributed by atoms with Gasteiger partial charge in [0, 0.05) is 22.9 Å². The highest BCUT2D eigenvalue weighted by atomic mass is 35.5. The first-order chi connectivity index (χ1) is 25.3. The highest BCUT2D eigenvalue weighted by molar-refractivity contribution is 6.30. The Hall–Kier alpha value is -4.89.